The number of pyridine rings is 1. The maximum atomic E-state index is 14.9. The average molecular weight is 434 g/mol. The van der Waals surface area contributed by atoms with E-state index < -0.39 is 18.0 Å². The number of hydrogen-bond donors (Lipinski definition) is 1. The van der Waals surface area contributed by atoms with Gasteiger partial charge in [-0.1, -0.05) is 24.3 Å². The van der Waals surface area contributed by atoms with E-state index in [1.807, 2.05) is 41.2 Å². The number of rotatable bonds is 6. The third kappa shape index (κ3) is 4.77. The summed E-state index contributed by atoms with van der Waals surface area (Å²) in [7, 11) is 0. The van der Waals surface area contributed by atoms with Crippen LogP contribution in [0, 0.1) is 12.7 Å². The Labute approximate surface area is 186 Å². The van der Waals surface area contributed by atoms with E-state index >= 15 is 0 Å². The second kappa shape index (κ2) is 9.18. The van der Waals surface area contributed by atoms with Crippen molar-refractivity contribution in [3.8, 4) is 11.1 Å². The number of carbonyl (C=O) groups excluding carboxylic acids is 2. The molecule has 4 rings (SSSR count). The highest BCUT2D eigenvalue weighted by molar-refractivity contribution is 5.90. The van der Waals surface area contributed by atoms with E-state index in [0.717, 1.165) is 12.1 Å². The number of hydrogen-bond acceptors (Lipinski definition) is 3. The molecule has 1 aromatic heterocycles. The Balaban J connectivity index is 1.47. The maximum Gasteiger partial charge on any atom is 0.414 e. The highest BCUT2D eigenvalue weighted by Gasteiger charge is 2.32. The Morgan fingerprint density at radius 2 is 1.94 bits per heavy atom. The van der Waals surface area contributed by atoms with Gasteiger partial charge in [-0.05, 0) is 36.2 Å². The fourth-order valence-corrected chi connectivity index (χ4v) is 3.73. The van der Waals surface area contributed by atoms with Gasteiger partial charge in [0.05, 0.1) is 18.8 Å². The average Bonchev–Trinajstić information content (AvgIpc) is 3.15. The van der Waals surface area contributed by atoms with Crippen LogP contribution in [-0.4, -0.2) is 31.2 Å². The molecule has 2 heterocycles. The van der Waals surface area contributed by atoms with Gasteiger partial charge in [-0.15, -0.1) is 0 Å². The zero-order valence-corrected chi connectivity index (χ0v) is 18.0. The first kappa shape index (κ1) is 21.5. The summed E-state index contributed by atoms with van der Waals surface area (Å²) in [6.07, 6.45) is 2.84. The highest BCUT2D eigenvalue weighted by atomic mass is 19.1. The minimum atomic E-state index is -0.551. The first-order valence-electron chi connectivity index (χ1n) is 10.5. The number of aromatic nitrogens is 1. The smallest absolute Gasteiger partial charge is 0.414 e. The summed E-state index contributed by atoms with van der Waals surface area (Å²) in [6, 6.07) is 16.7. The fraction of sp³-hybridized carbons (Fsp3) is 0.240. The number of nitrogens with zero attached hydrogens (tertiary/aromatic N) is 2. The Morgan fingerprint density at radius 1 is 1.19 bits per heavy atom. The molecule has 0 spiro atoms. The fourth-order valence-electron chi connectivity index (χ4n) is 3.73. The number of aryl methyl sites for hydroxylation is 1. The van der Waals surface area contributed by atoms with Gasteiger partial charge in [0.1, 0.15) is 11.9 Å². The van der Waals surface area contributed by atoms with Crippen LogP contribution in [0.5, 0.6) is 0 Å². The van der Waals surface area contributed by atoms with Gasteiger partial charge < -0.3 is 10.1 Å². The summed E-state index contributed by atoms with van der Waals surface area (Å²) in [5, 5.41) is 2.63. The lowest BCUT2D eigenvalue weighted by Crippen LogP contribution is -2.33. The molecule has 2 amide bonds. The molecule has 1 atom stereocenters. The third-order valence-electron chi connectivity index (χ3n) is 5.53. The zero-order chi connectivity index (χ0) is 22.7. The molecule has 0 aliphatic carbocycles. The maximum absolute atomic E-state index is 14.9. The SMILES string of the molecule is CC(=O)NC[C@H]1CN(c2ccc(-c3cc[n+](Cc4ccccc4C)cc3)c(F)c2)C(=O)O1. The van der Waals surface area contributed by atoms with Crippen molar-refractivity contribution in [2.24, 2.45) is 0 Å². The summed E-state index contributed by atoms with van der Waals surface area (Å²) >= 11 is 0. The summed E-state index contributed by atoms with van der Waals surface area (Å²) in [4.78, 5) is 24.6. The van der Waals surface area contributed by atoms with Crippen LogP contribution in [0.2, 0.25) is 0 Å². The summed E-state index contributed by atoms with van der Waals surface area (Å²) in [6.45, 7) is 4.70. The first-order valence-corrected chi connectivity index (χ1v) is 10.5. The second-order valence-corrected chi connectivity index (χ2v) is 7.90. The number of ether oxygens (including phenoxy) is 1. The predicted molar refractivity (Wildman–Crippen MR) is 119 cm³/mol. The Bertz CT molecular complexity index is 1150. The van der Waals surface area contributed by atoms with Gasteiger partial charge >= 0.3 is 6.09 Å². The van der Waals surface area contributed by atoms with E-state index in [-0.39, 0.29) is 19.0 Å². The van der Waals surface area contributed by atoms with Gasteiger partial charge in [-0.3, -0.25) is 9.69 Å². The second-order valence-electron chi connectivity index (χ2n) is 7.90. The van der Waals surface area contributed by atoms with Crippen LogP contribution in [0.4, 0.5) is 14.9 Å². The quantitative estimate of drug-likeness (QED) is 0.603. The van der Waals surface area contributed by atoms with Gasteiger partial charge in [0, 0.05) is 30.2 Å². The first-order chi connectivity index (χ1) is 15.4. The van der Waals surface area contributed by atoms with Gasteiger partial charge in [0.25, 0.3) is 0 Å². The zero-order valence-electron chi connectivity index (χ0n) is 18.0. The van der Waals surface area contributed by atoms with Gasteiger partial charge in [-0.25, -0.2) is 13.8 Å². The Morgan fingerprint density at radius 3 is 2.62 bits per heavy atom. The third-order valence-corrected chi connectivity index (χ3v) is 5.53. The Kier molecular flexibility index (Phi) is 6.16. The van der Waals surface area contributed by atoms with E-state index in [1.54, 1.807) is 12.1 Å². The number of halogens is 1. The molecule has 0 radical (unpaired) electrons. The van der Waals surface area contributed by atoms with E-state index in [1.165, 1.54) is 29.0 Å². The van der Waals surface area contributed by atoms with Crippen molar-refractivity contribution in [2.45, 2.75) is 26.5 Å². The molecule has 0 bridgehead atoms. The standard InChI is InChI=1S/C25H24FN3O3/c1-17-5-3-4-6-20(17)15-28-11-9-19(10-12-28)23-8-7-21(13-24(23)26)29-16-22(32-25(29)31)14-27-18(2)30/h3-13,22H,14-16H2,1-2H3/p+1/t22-/m0/s1. The number of amides is 2. The van der Waals surface area contributed by atoms with Crippen LogP contribution in [0.3, 0.4) is 0 Å². The molecule has 3 aromatic rings. The highest BCUT2D eigenvalue weighted by Crippen LogP contribution is 2.28. The minimum Gasteiger partial charge on any atom is -0.442 e. The molecule has 0 unspecified atom stereocenters. The number of anilines is 1. The summed E-state index contributed by atoms with van der Waals surface area (Å²) < 4.78 is 22.2. The number of cyclic esters (lactones) is 1. The van der Waals surface area contributed by atoms with Gasteiger partial charge in [0.15, 0.2) is 18.9 Å². The van der Waals surface area contributed by atoms with Crippen LogP contribution in [0.1, 0.15) is 18.1 Å². The Hall–Kier alpha value is -3.74. The normalized spacial score (nSPS) is 15.5. The molecular formula is C25H25FN3O3+. The van der Waals surface area contributed by atoms with Crippen molar-refractivity contribution in [1.82, 2.24) is 5.32 Å². The van der Waals surface area contributed by atoms with E-state index in [2.05, 4.69) is 24.4 Å². The molecule has 1 saturated heterocycles. The molecule has 6 nitrogen and oxygen atoms in total. The predicted octanol–water partition coefficient (Wildman–Crippen LogP) is 3.60. The van der Waals surface area contributed by atoms with Gasteiger partial charge in [0.2, 0.25) is 5.91 Å². The lowest BCUT2D eigenvalue weighted by atomic mass is 10.1. The molecule has 1 aliphatic rings. The van der Waals surface area contributed by atoms with Gasteiger partial charge in [-0.2, -0.15) is 0 Å². The lowest BCUT2D eigenvalue weighted by Gasteiger charge is -2.14. The summed E-state index contributed by atoms with van der Waals surface area (Å²) in [5.41, 5.74) is 4.09. The van der Waals surface area contributed by atoms with Crippen LogP contribution in [-0.2, 0) is 16.1 Å². The number of nitrogens with one attached hydrogen (secondary N) is 1. The molecular weight excluding hydrogens is 409 g/mol. The molecule has 1 N–H and O–H groups in total. The molecule has 1 aliphatic heterocycles. The van der Waals surface area contributed by atoms with Crippen LogP contribution < -0.4 is 14.8 Å². The molecule has 0 saturated carbocycles. The molecule has 2 aromatic carbocycles. The molecule has 1 fully saturated rings. The topological polar surface area (TPSA) is 62.5 Å². The van der Waals surface area contributed by atoms with Crippen molar-refractivity contribution in [2.75, 3.05) is 18.0 Å². The van der Waals surface area contributed by atoms with Crippen molar-refractivity contribution in [3.63, 3.8) is 0 Å². The number of carbonyl (C=O) groups is 2. The minimum absolute atomic E-state index is 0.196. The lowest BCUT2D eigenvalue weighted by molar-refractivity contribution is -0.688. The van der Waals surface area contributed by atoms with Crippen molar-refractivity contribution < 1.29 is 23.3 Å². The van der Waals surface area contributed by atoms with E-state index in [4.69, 9.17) is 4.74 Å². The van der Waals surface area contributed by atoms with E-state index in [9.17, 15) is 14.0 Å². The molecule has 164 valence electrons. The van der Waals surface area contributed by atoms with Crippen LogP contribution >= 0.6 is 0 Å². The van der Waals surface area contributed by atoms with Crippen LogP contribution in [0.15, 0.2) is 67.0 Å². The van der Waals surface area contributed by atoms with Crippen molar-refractivity contribution in [1.29, 1.82) is 0 Å². The van der Waals surface area contributed by atoms with Crippen molar-refractivity contribution >= 4 is 17.7 Å². The van der Waals surface area contributed by atoms with Crippen molar-refractivity contribution in [3.05, 3.63) is 83.9 Å². The summed E-state index contributed by atoms with van der Waals surface area (Å²) in [5.74, 6) is -0.616. The molecule has 7 heteroatoms. The molecule has 32 heavy (non-hydrogen) atoms. The van der Waals surface area contributed by atoms with E-state index in [0.29, 0.717) is 11.3 Å². The number of benzene rings is 2. The largest absolute Gasteiger partial charge is 0.442 e. The monoisotopic (exact) mass is 434 g/mol. The van der Waals surface area contributed by atoms with Crippen LogP contribution in [0.25, 0.3) is 11.1 Å².